The van der Waals surface area contributed by atoms with Crippen LogP contribution in [0.4, 0.5) is 14.8 Å². The normalized spacial score (nSPS) is 10.5. The average molecular weight is 301 g/mol. The molecule has 0 unspecified atom stereocenters. The molecule has 22 heavy (non-hydrogen) atoms. The lowest BCUT2D eigenvalue weighted by Crippen LogP contribution is -2.13. The highest BCUT2D eigenvalue weighted by Crippen LogP contribution is 2.20. The summed E-state index contributed by atoms with van der Waals surface area (Å²) < 4.78 is 31.8. The van der Waals surface area contributed by atoms with Crippen LogP contribution >= 0.6 is 0 Å². The maximum atomic E-state index is 13.5. The summed E-state index contributed by atoms with van der Waals surface area (Å²) in [5.74, 6) is -1.78. The van der Waals surface area contributed by atoms with Crippen LogP contribution in [0.1, 0.15) is 10.4 Å². The molecule has 7 heteroatoms. The third kappa shape index (κ3) is 2.83. The van der Waals surface area contributed by atoms with Gasteiger partial charge in [-0.25, -0.2) is 8.78 Å². The van der Waals surface area contributed by atoms with E-state index in [-0.39, 0.29) is 17.5 Å². The minimum absolute atomic E-state index is 0.0448. The summed E-state index contributed by atoms with van der Waals surface area (Å²) in [5.41, 5.74) is 0.229. The Labute approximate surface area is 123 Å². The van der Waals surface area contributed by atoms with Crippen LogP contribution in [-0.4, -0.2) is 16.1 Å². The highest BCUT2D eigenvalue weighted by Gasteiger charge is 2.15. The van der Waals surface area contributed by atoms with Gasteiger partial charge in [-0.05, 0) is 30.3 Å². The maximum absolute atomic E-state index is 13.5. The van der Waals surface area contributed by atoms with Crippen LogP contribution in [0.25, 0.3) is 11.5 Å². The van der Waals surface area contributed by atoms with Gasteiger partial charge in [0.2, 0.25) is 5.89 Å². The maximum Gasteiger partial charge on any atom is 0.322 e. The number of halogens is 2. The van der Waals surface area contributed by atoms with E-state index in [2.05, 4.69) is 15.5 Å². The summed E-state index contributed by atoms with van der Waals surface area (Å²) in [7, 11) is 0. The van der Waals surface area contributed by atoms with Crippen LogP contribution in [-0.2, 0) is 0 Å². The average Bonchev–Trinajstić information content (AvgIpc) is 2.96. The Hall–Kier alpha value is -3.09. The molecule has 1 heterocycles. The van der Waals surface area contributed by atoms with Crippen molar-refractivity contribution in [3.05, 3.63) is 65.7 Å². The summed E-state index contributed by atoms with van der Waals surface area (Å²) in [5, 5.41) is 9.62. The van der Waals surface area contributed by atoms with Crippen molar-refractivity contribution in [1.29, 1.82) is 0 Å². The fourth-order valence-electron chi connectivity index (χ4n) is 1.82. The first-order valence-electron chi connectivity index (χ1n) is 6.29. The van der Waals surface area contributed by atoms with Gasteiger partial charge in [-0.3, -0.25) is 10.1 Å². The van der Waals surface area contributed by atoms with Crippen LogP contribution in [0.5, 0.6) is 0 Å². The molecular formula is C15H9F2N3O2. The lowest BCUT2D eigenvalue weighted by atomic mass is 10.2. The molecule has 110 valence electrons. The minimum Gasteiger partial charge on any atom is -0.403 e. The van der Waals surface area contributed by atoms with E-state index < -0.39 is 17.5 Å². The van der Waals surface area contributed by atoms with Crippen molar-refractivity contribution in [2.45, 2.75) is 0 Å². The molecule has 0 saturated carbocycles. The van der Waals surface area contributed by atoms with E-state index in [1.807, 2.05) is 0 Å². The summed E-state index contributed by atoms with van der Waals surface area (Å²) in [6, 6.07) is 10.9. The number of nitrogens with zero attached hydrogens (tertiary/aromatic N) is 2. The van der Waals surface area contributed by atoms with Crippen LogP contribution in [0.3, 0.4) is 0 Å². The molecule has 0 spiro atoms. The number of benzene rings is 2. The van der Waals surface area contributed by atoms with E-state index in [9.17, 15) is 13.6 Å². The summed E-state index contributed by atoms with van der Waals surface area (Å²) >= 11 is 0. The van der Waals surface area contributed by atoms with E-state index in [1.165, 1.54) is 42.5 Å². The van der Waals surface area contributed by atoms with Gasteiger partial charge in [-0.15, -0.1) is 5.10 Å². The largest absolute Gasteiger partial charge is 0.403 e. The second-order valence-corrected chi connectivity index (χ2v) is 4.36. The van der Waals surface area contributed by atoms with Crippen molar-refractivity contribution in [1.82, 2.24) is 10.2 Å². The van der Waals surface area contributed by atoms with Gasteiger partial charge in [0.05, 0.1) is 5.56 Å². The Morgan fingerprint density at radius 1 is 1.05 bits per heavy atom. The molecule has 5 nitrogen and oxygen atoms in total. The summed E-state index contributed by atoms with van der Waals surface area (Å²) in [6.45, 7) is 0. The van der Waals surface area contributed by atoms with Gasteiger partial charge in [0.1, 0.15) is 11.6 Å². The van der Waals surface area contributed by atoms with Crippen molar-refractivity contribution in [2.75, 3.05) is 5.32 Å². The van der Waals surface area contributed by atoms with Gasteiger partial charge in [0, 0.05) is 5.56 Å². The van der Waals surface area contributed by atoms with Gasteiger partial charge in [-0.2, -0.15) is 0 Å². The van der Waals surface area contributed by atoms with E-state index in [0.717, 1.165) is 0 Å². The summed E-state index contributed by atoms with van der Waals surface area (Å²) in [4.78, 5) is 11.9. The number of carbonyl (C=O) groups is 1. The third-order valence-corrected chi connectivity index (χ3v) is 2.84. The first-order valence-corrected chi connectivity index (χ1v) is 6.29. The molecule has 0 aliphatic rings. The molecule has 1 N–H and O–H groups in total. The Balaban J connectivity index is 1.80. The van der Waals surface area contributed by atoms with E-state index in [1.54, 1.807) is 6.07 Å². The molecule has 0 saturated heterocycles. The number of rotatable bonds is 3. The molecule has 3 aromatic rings. The van der Waals surface area contributed by atoms with Gasteiger partial charge in [0.25, 0.3) is 5.91 Å². The van der Waals surface area contributed by atoms with Gasteiger partial charge in [-0.1, -0.05) is 23.3 Å². The highest BCUT2D eigenvalue weighted by atomic mass is 19.1. The van der Waals surface area contributed by atoms with Crippen molar-refractivity contribution in [3.63, 3.8) is 0 Å². The zero-order chi connectivity index (χ0) is 15.5. The molecule has 0 aliphatic carbocycles. The number of carbonyl (C=O) groups excluding carboxylic acids is 1. The topological polar surface area (TPSA) is 68.0 Å². The first kappa shape index (κ1) is 13.9. The number of anilines is 1. The highest BCUT2D eigenvalue weighted by molar-refractivity contribution is 6.03. The van der Waals surface area contributed by atoms with Gasteiger partial charge < -0.3 is 4.42 Å². The fourth-order valence-corrected chi connectivity index (χ4v) is 1.82. The van der Waals surface area contributed by atoms with E-state index in [0.29, 0.717) is 5.56 Å². The molecule has 0 bridgehead atoms. The van der Waals surface area contributed by atoms with Gasteiger partial charge in [0.15, 0.2) is 0 Å². The first-order chi connectivity index (χ1) is 10.6. The Morgan fingerprint density at radius 3 is 2.64 bits per heavy atom. The van der Waals surface area contributed by atoms with E-state index >= 15 is 0 Å². The third-order valence-electron chi connectivity index (χ3n) is 2.84. The SMILES string of the molecule is O=C(Nc1nnc(-c2cccc(F)c2)o1)c1ccccc1F. The summed E-state index contributed by atoms with van der Waals surface area (Å²) in [6.07, 6.45) is 0. The molecule has 3 rings (SSSR count). The Morgan fingerprint density at radius 2 is 1.86 bits per heavy atom. The smallest absolute Gasteiger partial charge is 0.322 e. The molecule has 1 aromatic heterocycles. The number of nitrogens with one attached hydrogen (secondary N) is 1. The van der Waals surface area contributed by atoms with Crippen LogP contribution in [0.2, 0.25) is 0 Å². The predicted octanol–water partition coefficient (Wildman–Crippen LogP) is 3.27. The molecule has 0 aliphatic heterocycles. The number of hydrogen-bond donors (Lipinski definition) is 1. The standard InChI is InChI=1S/C15H9F2N3O2/c16-10-5-3-4-9(8-10)14-19-20-15(22-14)18-13(21)11-6-1-2-7-12(11)17/h1-8H,(H,18,20,21). The zero-order valence-corrected chi connectivity index (χ0v) is 11.1. The van der Waals surface area contributed by atoms with Crippen LogP contribution in [0, 0.1) is 11.6 Å². The zero-order valence-electron chi connectivity index (χ0n) is 11.1. The minimum atomic E-state index is -0.715. The second kappa shape index (κ2) is 5.72. The molecule has 0 fully saturated rings. The number of amides is 1. The van der Waals surface area contributed by atoms with Crippen LogP contribution < -0.4 is 5.32 Å². The van der Waals surface area contributed by atoms with Crippen molar-refractivity contribution in [3.8, 4) is 11.5 Å². The van der Waals surface area contributed by atoms with Crippen molar-refractivity contribution in [2.24, 2.45) is 0 Å². The monoisotopic (exact) mass is 301 g/mol. The quantitative estimate of drug-likeness (QED) is 0.806. The molecule has 0 atom stereocenters. The number of hydrogen-bond acceptors (Lipinski definition) is 4. The lowest BCUT2D eigenvalue weighted by molar-refractivity contribution is 0.102. The Kier molecular flexibility index (Phi) is 3.61. The van der Waals surface area contributed by atoms with Crippen molar-refractivity contribution < 1.29 is 18.0 Å². The predicted molar refractivity (Wildman–Crippen MR) is 74.0 cm³/mol. The lowest BCUT2D eigenvalue weighted by Gasteiger charge is -2.01. The van der Waals surface area contributed by atoms with Gasteiger partial charge >= 0.3 is 6.01 Å². The van der Waals surface area contributed by atoms with Crippen molar-refractivity contribution >= 4 is 11.9 Å². The Bertz CT molecular complexity index is 833. The molecular weight excluding hydrogens is 292 g/mol. The fraction of sp³-hybridized carbons (Fsp3) is 0. The van der Waals surface area contributed by atoms with E-state index in [4.69, 9.17) is 4.42 Å². The molecule has 2 aromatic carbocycles. The van der Waals surface area contributed by atoms with Crippen LogP contribution in [0.15, 0.2) is 52.9 Å². The molecule has 0 radical (unpaired) electrons. The second-order valence-electron chi connectivity index (χ2n) is 4.36. The number of aromatic nitrogens is 2. The molecule has 1 amide bonds.